The number of benzene rings is 1. The molecule has 0 aromatic heterocycles. The van der Waals surface area contributed by atoms with Crippen LogP contribution in [0.15, 0.2) is 18.2 Å². The number of carboxylic acid groups (broad SMARTS) is 1. The van der Waals surface area contributed by atoms with E-state index in [-0.39, 0.29) is 0 Å². The van der Waals surface area contributed by atoms with Gasteiger partial charge in [-0.05, 0) is 23.1 Å². The first-order valence-electron chi connectivity index (χ1n) is 4.91. The summed E-state index contributed by atoms with van der Waals surface area (Å²) in [6.07, 6.45) is -0.251. The lowest BCUT2D eigenvalue weighted by Crippen LogP contribution is -2.23. The zero-order valence-electron chi connectivity index (χ0n) is 8.32. The molecule has 0 saturated carbocycles. The van der Waals surface area contributed by atoms with Crippen molar-refractivity contribution in [2.45, 2.75) is 19.6 Å². The number of hydrogen-bond acceptors (Lipinski definition) is 2. The van der Waals surface area contributed by atoms with Crippen molar-refractivity contribution in [1.29, 1.82) is 0 Å². The molecule has 0 bridgehead atoms. The van der Waals surface area contributed by atoms with Gasteiger partial charge in [-0.3, -0.25) is 0 Å². The molecule has 4 heteroatoms. The first-order chi connectivity index (χ1) is 7.25. The van der Waals surface area contributed by atoms with Crippen LogP contribution in [0.25, 0.3) is 0 Å². The van der Waals surface area contributed by atoms with Gasteiger partial charge in [0.2, 0.25) is 0 Å². The van der Waals surface area contributed by atoms with Gasteiger partial charge in [-0.1, -0.05) is 18.2 Å². The highest BCUT2D eigenvalue weighted by atomic mass is 16.5. The Morgan fingerprint density at radius 1 is 1.40 bits per heavy atom. The zero-order valence-corrected chi connectivity index (χ0v) is 8.32. The first kappa shape index (κ1) is 9.98. The predicted molar refractivity (Wildman–Crippen MR) is 54.7 cm³/mol. The topological polar surface area (TPSA) is 58.6 Å². The normalized spacial score (nSPS) is 13.6. The number of amides is 1. The van der Waals surface area contributed by atoms with E-state index in [1.54, 1.807) is 0 Å². The van der Waals surface area contributed by atoms with Crippen molar-refractivity contribution in [3.8, 4) is 0 Å². The van der Waals surface area contributed by atoms with Crippen LogP contribution in [0.1, 0.15) is 16.7 Å². The molecule has 1 amide bonds. The maximum Gasteiger partial charge on any atom is 0.404 e. The number of nitrogens with one attached hydrogen (secondary N) is 1. The van der Waals surface area contributed by atoms with E-state index in [4.69, 9.17) is 9.84 Å². The largest absolute Gasteiger partial charge is 0.465 e. The molecule has 2 N–H and O–H groups in total. The van der Waals surface area contributed by atoms with Crippen molar-refractivity contribution >= 4 is 6.09 Å². The molecule has 15 heavy (non-hydrogen) atoms. The number of fused-ring (bicyclic) bond motifs is 1. The average Bonchev–Trinajstić information content (AvgIpc) is 2.64. The van der Waals surface area contributed by atoms with Crippen LogP contribution >= 0.6 is 0 Å². The van der Waals surface area contributed by atoms with E-state index < -0.39 is 6.09 Å². The maximum absolute atomic E-state index is 10.2. The monoisotopic (exact) mass is 207 g/mol. The van der Waals surface area contributed by atoms with E-state index >= 15 is 0 Å². The second-order valence-corrected chi connectivity index (χ2v) is 3.58. The summed E-state index contributed by atoms with van der Waals surface area (Å²) in [5, 5.41) is 10.8. The van der Waals surface area contributed by atoms with Gasteiger partial charge in [0.25, 0.3) is 0 Å². The molecule has 0 aliphatic carbocycles. The second kappa shape index (κ2) is 4.31. The lowest BCUT2D eigenvalue weighted by Gasteiger charge is -2.03. The van der Waals surface area contributed by atoms with Crippen molar-refractivity contribution in [2.24, 2.45) is 0 Å². The van der Waals surface area contributed by atoms with Gasteiger partial charge in [-0.15, -0.1) is 0 Å². The Labute approximate surface area is 87.9 Å². The fourth-order valence-corrected chi connectivity index (χ4v) is 1.69. The summed E-state index contributed by atoms with van der Waals surface area (Å²) in [6.45, 7) is 1.83. The van der Waals surface area contributed by atoms with Crippen LogP contribution in [0, 0.1) is 0 Å². The molecule has 1 aliphatic heterocycles. The molecule has 0 radical (unpaired) electrons. The number of rotatable bonds is 3. The zero-order chi connectivity index (χ0) is 10.7. The van der Waals surface area contributed by atoms with Crippen LogP contribution < -0.4 is 5.32 Å². The van der Waals surface area contributed by atoms with Crippen LogP contribution in [0.4, 0.5) is 4.79 Å². The molecule has 0 unspecified atom stereocenters. The smallest absolute Gasteiger partial charge is 0.404 e. The van der Waals surface area contributed by atoms with E-state index in [1.165, 1.54) is 11.1 Å². The summed E-state index contributed by atoms with van der Waals surface area (Å²) in [7, 11) is 0. The van der Waals surface area contributed by atoms with Gasteiger partial charge in [0.05, 0.1) is 13.2 Å². The Balaban J connectivity index is 1.95. The molecule has 4 nitrogen and oxygen atoms in total. The summed E-state index contributed by atoms with van der Waals surface area (Å²) in [4.78, 5) is 10.2. The van der Waals surface area contributed by atoms with Crippen molar-refractivity contribution in [2.75, 3.05) is 6.54 Å². The molecule has 0 saturated heterocycles. The first-order valence-corrected chi connectivity index (χ1v) is 4.91. The Bertz CT molecular complexity index is 376. The van der Waals surface area contributed by atoms with Crippen molar-refractivity contribution in [3.63, 3.8) is 0 Å². The van der Waals surface area contributed by atoms with Crippen LogP contribution in [-0.4, -0.2) is 17.7 Å². The average molecular weight is 207 g/mol. The molecule has 0 spiro atoms. The summed E-state index contributed by atoms with van der Waals surface area (Å²) in [5.41, 5.74) is 3.61. The van der Waals surface area contributed by atoms with Gasteiger partial charge in [-0.2, -0.15) is 0 Å². The van der Waals surface area contributed by atoms with Crippen LogP contribution in [0.2, 0.25) is 0 Å². The van der Waals surface area contributed by atoms with E-state index in [0.29, 0.717) is 19.8 Å². The standard InChI is InChI=1S/C11H13NO3/c13-11(14)12-4-3-8-1-2-9-6-15-7-10(9)5-8/h1-2,5,12H,3-4,6-7H2,(H,13,14). The Hall–Kier alpha value is -1.55. The quantitative estimate of drug-likeness (QED) is 0.790. The molecule has 1 aromatic carbocycles. The highest BCUT2D eigenvalue weighted by Crippen LogP contribution is 2.20. The Morgan fingerprint density at radius 2 is 2.20 bits per heavy atom. The lowest BCUT2D eigenvalue weighted by molar-refractivity contribution is 0.134. The van der Waals surface area contributed by atoms with Crippen molar-refractivity contribution in [1.82, 2.24) is 5.32 Å². The summed E-state index contributed by atoms with van der Waals surface area (Å²) < 4.78 is 5.30. The van der Waals surface area contributed by atoms with E-state index in [1.807, 2.05) is 6.07 Å². The van der Waals surface area contributed by atoms with E-state index in [0.717, 1.165) is 12.0 Å². The number of ether oxygens (including phenoxy) is 1. The molecule has 1 heterocycles. The van der Waals surface area contributed by atoms with Gasteiger partial charge < -0.3 is 15.2 Å². The summed E-state index contributed by atoms with van der Waals surface area (Å²) in [6, 6.07) is 6.17. The van der Waals surface area contributed by atoms with Crippen LogP contribution in [-0.2, 0) is 24.4 Å². The minimum atomic E-state index is -0.973. The maximum atomic E-state index is 10.2. The fraction of sp³-hybridized carbons (Fsp3) is 0.364. The molecule has 1 aliphatic rings. The molecular weight excluding hydrogens is 194 g/mol. The summed E-state index contributed by atoms with van der Waals surface area (Å²) >= 11 is 0. The minimum Gasteiger partial charge on any atom is -0.465 e. The van der Waals surface area contributed by atoms with Crippen LogP contribution in [0.3, 0.4) is 0 Å². The molecule has 80 valence electrons. The molecular formula is C11H13NO3. The molecule has 2 rings (SSSR count). The summed E-state index contributed by atoms with van der Waals surface area (Å²) in [5.74, 6) is 0. The van der Waals surface area contributed by atoms with E-state index in [2.05, 4.69) is 17.4 Å². The third-order valence-corrected chi connectivity index (χ3v) is 2.48. The van der Waals surface area contributed by atoms with Crippen LogP contribution in [0.5, 0.6) is 0 Å². The Kier molecular flexibility index (Phi) is 2.87. The second-order valence-electron chi connectivity index (χ2n) is 3.58. The van der Waals surface area contributed by atoms with Gasteiger partial charge in [0.1, 0.15) is 0 Å². The van der Waals surface area contributed by atoms with Gasteiger partial charge >= 0.3 is 6.09 Å². The molecule has 1 aromatic rings. The predicted octanol–water partition coefficient (Wildman–Crippen LogP) is 1.53. The van der Waals surface area contributed by atoms with Crippen molar-refractivity contribution < 1.29 is 14.6 Å². The van der Waals surface area contributed by atoms with Gasteiger partial charge in [-0.25, -0.2) is 4.79 Å². The number of hydrogen-bond donors (Lipinski definition) is 2. The highest BCUT2D eigenvalue weighted by Gasteiger charge is 2.10. The van der Waals surface area contributed by atoms with Crippen molar-refractivity contribution in [3.05, 3.63) is 34.9 Å². The third kappa shape index (κ3) is 2.47. The highest BCUT2D eigenvalue weighted by molar-refractivity contribution is 5.64. The minimum absolute atomic E-state index is 0.453. The Morgan fingerprint density at radius 3 is 3.00 bits per heavy atom. The lowest BCUT2D eigenvalue weighted by atomic mass is 10.0. The van der Waals surface area contributed by atoms with Gasteiger partial charge in [0, 0.05) is 6.54 Å². The number of carbonyl (C=O) groups is 1. The third-order valence-electron chi connectivity index (χ3n) is 2.48. The van der Waals surface area contributed by atoms with Gasteiger partial charge in [0.15, 0.2) is 0 Å². The molecule has 0 atom stereocenters. The fourth-order valence-electron chi connectivity index (χ4n) is 1.69. The SMILES string of the molecule is O=C(O)NCCc1ccc2c(c1)COC2. The van der Waals surface area contributed by atoms with E-state index in [9.17, 15) is 4.79 Å². The molecule has 0 fully saturated rings.